The molecule has 1 aliphatic heterocycles. The third-order valence-electron chi connectivity index (χ3n) is 3.05. The van der Waals surface area contributed by atoms with Gasteiger partial charge in [-0.15, -0.1) is 0 Å². The van der Waals surface area contributed by atoms with E-state index in [1.54, 1.807) is 13.3 Å². The zero-order valence-corrected chi connectivity index (χ0v) is 9.85. The maximum absolute atomic E-state index is 6.23. The molecule has 1 aromatic rings. The molecule has 5 heteroatoms. The van der Waals surface area contributed by atoms with Crippen LogP contribution >= 0.6 is 0 Å². The molecule has 90 valence electrons. The molecular formula is C11H19N3O2. The molecule has 2 rings (SSSR count). The van der Waals surface area contributed by atoms with Crippen LogP contribution in [0.4, 0.5) is 0 Å². The lowest BCUT2D eigenvalue weighted by Gasteiger charge is -2.20. The summed E-state index contributed by atoms with van der Waals surface area (Å²) in [5, 5.41) is 4.25. The van der Waals surface area contributed by atoms with E-state index >= 15 is 0 Å². The van der Waals surface area contributed by atoms with Crippen LogP contribution in [0.25, 0.3) is 0 Å². The van der Waals surface area contributed by atoms with Crippen molar-refractivity contribution in [3.05, 3.63) is 11.9 Å². The van der Waals surface area contributed by atoms with Gasteiger partial charge < -0.3 is 15.2 Å². The Morgan fingerprint density at radius 2 is 2.56 bits per heavy atom. The Labute approximate surface area is 95.5 Å². The molecule has 2 heterocycles. The highest BCUT2D eigenvalue weighted by Crippen LogP contribution is 2.30. The van der Waals surface area contributed by atoms with E-state index in [4.69, 9.17) is 15.2 Å². The molecule has 0 saturated carbocycles. The van der Waals surface area contributed by atoms with Crippen molar-refractivity contribution >= 4 is 0 Å². The Kier molecular flexibility index (Phi) is 3.46. The number of hydrogen-bond donors (Lipinski definition) is 1. The van der Waals surface area contributed by atoms with Crippen LogP contribution in [0.3, 0.4) is 0 Å². The highest BCUT2D eigenvalue weighted by atomic mass is 16.5. The summed E-state index contributed by atoms with van der Waals surface area (Å²) in [5.74, 6) is 0.754. The van der Waals surface area contributed by atoms with Gasteiger partial charge in [0.05, 0.1) is 31.1 Å². The monoisotopic (exact) mass is 225 g/mol. The molecule has 1 aromatic heterocycles. The lowest BCUT2D eigenvalue weighted by molar-refractivity contribution is 0.0868. The molecule has 1 aliphatic rings. The number of aryl methyl sites for hydroxylation is 1. The summed E-state index contributed by atoms with van der Waals surface area (Å²) in [4.78, 5) is 0. The van der Waals surface area contributed by atoms with Crippen LogP contribution < -0.4 is 10.5 Å². The van der Waals surface area contributed by atoms with Crippen LogP contribution in [-0.2, 0) is 11.3 Å². The van der Waals surface area contributed by atoms with Gasteiger partial charge in [-0.2, -0.15) is 5.10 Å². The fourth-order valence-corrected chi connectivity index (χ4v) is 2.19. The van der Waals surface area contributed by atoms with Gasteiger partial charge in [-0.05, 0) is 19.8 Å². The maximum atomic E-state index is 6.23. The van der Waals surface area contributed by atoms with Crippen LogP contribution in [0, 0.1) is 0 Å². The average molecular weight is 225 g/mol. The van der Waals surface area contributed by atoms with Gasteiger partial charge in [-0.25, -0.2) is 0 Å². The Balaban J connectivity index is 2.25. The maximum Gasteiger partial charge on any atom is 0.161 e. The predicted molar refractivity (Wildman–Crippen MR) is 60.4 cm³/mol. The van der Waals surface area contributed by atoms with Crippen molar-refractivity contribution in [3.63, 3.8) is 0 Å². The minimum absolute atomic E-state index is 0.0934. The standard InChI is InChI=1S/C11H19N3O2/c1-3-14-11(9(15-2)7-13-14)10(12)8-5-4-6-16-8/h7-8,10H,3-6,12H2,1-2H3. The molecule has 0 aliphatic carbocycles. The lowest BCUT2D eigenvalue weighted by Crippen LogP contribution is -2.28. The van der Waals surface area contributed by atoms with E-state index in [2.05, 4.69) is 5.10 Å². The van der Waals surface area contributed by atoms with Crippen molar-refractivity contribution in [1.82, 2.24) is 9.78 Å². The normalized spacial score (nSPS) is 22.3. The van der Waals surface area contributed by atoms with Crippen LogP contribution in [0.1, 0.15) is 31.5 Å². The average Bonchev–Trinajstić information content (AvgIpc) is 2.96. The Hall–Kier alpha value is -1.07. The summed E-state index contributed by atoms with van der Waals surface area (Å²) >= 11 is 0. The van der Waals surface area contributed by atoms with Gasteiger partial charge in [0.2, 0.25) is 0 Å². The minimum atomic E-state index is -0.153. The molecule has 1 fully saturated rings. The van der Waals surface area contributed by atoms with Gasteiger partial charge in [-0.1, -0.05) is 0 Å². The predicted octanol–water partition coefficient (Wildman–Crippen LogP) is 1.09. The summed E-state index contributed by atoms with van der Waals surface area (Å²) < 4.78 is 12.8. The molecule has 0 amide bonds. The third kappa shape index (κ3) is 1.92. The summed E-state index contributed by atoms with van der Waals surface area (Å²) in [6.45, 7) is 3.64. The molecule has 16 heavy (non-hydrogen) atoms. The first-order chi connectivity index (χ1) is 7.77. The quantitative estimate of drug-likeness (QED) is 0.833. The molecule has 0 radical (unpaired) electrons. The molecule has 0 aromatic carbocycles. The number of nitrogens with zero attached hydrogens (tertiary/aromatic N) is 2. The Bertz CT molecular complexity index is 323. The van der Waals surface area contributed by atoms with E-state index < -0.39 is 0 Å². The van der Waals surface area contributed by atoms with Crippen LogP contribution in [-0.4, -0.2) is 29.6 Å². The summed E-state index contributed by atoms with van der Waals surface area (Å²) in [5.41, 5.74) is 7.17. The largest absolute Gasteiger partial charge is 0.493 e. The second-order valence-corrected chi connectivity index (χ2v) is 3.99. The number of rotatable bonds is 4. The minimum Gasteiger partial charge on any atom is -0.493 e. The molecule has 2 atom stereocenters. The van der Waals surface area contributed by atoms with E-state index in [0.717, 1.165) is 37.4 Å². The molecule has 0 spiro atoms. The van der Waals surface area contributed by atoms with E-state index in [1.807, 2.05) is 11.6 Å². The van der Waals surface area contributed by atoms with Gasteiger partial charge >= 0.3 is 0 Å². The number of hydrogen-bond acceptors (Lipinski definition) is 4. The number of nitrogens with two attached hydrogens (primary N) is 1. The highest BCUT2D eigenvalue weighted by molar-refractivity contribution is 5.29. The van der Waals surface area contributed by atoms with Gasteiger partial charge in [0, 0.05) is 13.2 Å². The number of aromatic nitrogens is 2. The smallest absolute Gasteiger partial charge is 0.161 e. The summed E-state index contributed by atoms with van der Waals surface area (Å²) in [6, 6.07) is -0.153. The van der Waals surface area contributed by atoms with Gasteiger partial charge in [0.15, 0.2) is 5.75 Å². The first kappa shape index (κ1) is 11.4. The molecule has 2 N–H and O–H groups in total. The van der Waals surface area contributed by atoms with E-state index in [9.17, 15) is 0 Å². The van der Waals surface area contributed by atoms with Crippen LogP contribution in [0.5, 0.6) is 5.75 Å². The molecule has 0 bridgehead atoms. The SMILES string of the molecule is CCn1ncc(OC)c1C(N)C1CCCO1. The lowest BCUT2D eigenvalue weighted by atomic mass is 10.1. The summed E-state index contributed by atoms with van der Waals surface area (Å²) in [6.07, 6.45) is 3.91. The van der Waals surface area contributed by atoms with Crippen molar-refractivity contribution in [1.29, 1.82) is 0 Å². The first-order valence-electron chi connectivity index (χ1n) is 5.74. The Morgan fingerprint density at radius 3 is 3.12 bits per heavy atom. The van der Waals surface area contributed by atoms with Gasteiger partial charge in [0.25, 0.3) is 0 Å². The summed E-state index contributed by atoms with van der Waals surface area (Å²) in [7, 11) is 1.64. The van der Waals surface area contributed by atoms with Gasteiger partial charge in [0.1, 0.15) is 0 Å². The number of methoxy groups -OCH3 is 1. The van der Waals surface area contributed by atoms with Crippen molar-refractivity contribution in [2.75, 3.05) is 13.7 Å². The Morgan fingerprint density at radius 1 is 1.75 bits per heavy atom. The van der Waals surface area contributed by atoms with Crippen molar-refractivity contribution in [2.45, 2.75) is 38.5 Å². The van der Waals surface area contributed by atoms with Gasteiger partial charge in [-0.3, -0.25) is 4.68 Å². The fourth-order valence-electron chi connectivity index (χ4n) is 2.19. The fraction of sp³-hybridized carbons (Fsp3) is 0.727. The molecular weight excluding hydrogens is 206 g/mol. The third-order valence-corrected chi connectivity index (χ3v) is 3.05. The van der Waals surface area contributed by atoms with Crippen molar-refractivity contribution in [2.24, 2.45) is 5.73 Å². The van der Waals surface area contributed by atoms with Crippen molar-refractivity contribution in [3.8, 4) is 5.75 Å². The van der Waals surface area contributed by atoms with Crippen LogP contribution in [0.15, 0.2) is 6.20 Å². The second kappa shape index (κ2) is 4.84. The van der Waals surface area contributed by atoms with Crippen molar-refractivity contribution < 1.29 is 9.47 Å². The van der Waals surface area contributed by atoms with E-state index in [1.165, 1.54) is 0 Å². The molecule has 5 nitrogen and oxygen atoms in total. The second-order valence-electron chi connectivity index (χ2n) is 3.99. The highest BCUT2D eigenvalue weighted by Gasteiger charge is 2.29. The first-order valence-corrected chi connectivity index (χ1v) is 5.74. The zero-order chi connectivity index (χ0) is 11.5. The number of ether oxygens (including phenoxy) is 2. The topological polar surface area (TPSA) is 62.3 Å². The molecule has 1 saturated heterocycles. The van der Waals surface area contributed by atoms with E-state index in [0.29, 0.717) is 0 Å². The van der Waals surface area contributed by atoms with E-state index in [-0.39, 0.29) is 12.1 Å². The zero-order valence-electron chi connectivity index (χ0n) is 9.85. The molecule has 2 unspecified atom stereocenters. The van der Waals surface area contributed by atoms with Crippen LogP contribution in [0.2, 0.25) is 0 Å².